The van der Waals surface area contributed by atoms with Gasteiger partial charge < -0.3 is 15.2 Å². The van der Waals surface area contributed by atoms with Crippen LogP contribution in [0, 0.1) is 5.41 Å². The molecule has 1 aliphatic rings. The summed E-state index contributed by atoms with van der Waals surface area (Å²) in [6, 6.07) is 8.18. The van der Waals surface area contributed by atoms with E-state index < -0.39 is 0 Å². The van der Waals surface area contributed by atoms with Crippen molar-refractivity contribution in [3.05, 3.63) is 29.8 Å². The van der Waals surface area contributed by atoms with Gasteiger partial charge in [-0.25, -0.2) is 0 Å². The van der Waals surface area contributed by atoms with Gasteiger partial charge in [-0.15, -0.1) is 0 Å². The van der Waals surface area contributed by atoms with Crippen molar-refractivity contribution in [2.45, 2.75) is 39.3 Å². The summed E-state index contributed by atoms with van der Waals surface area (Å²) in [6.45, 7) is 6.10. The average Bonchev–Trinajstić information content (AvgIpc) is 3.09. The lowest BCUT2D eigenvalue weighted by Crippen LogP contribution is -2.26. The van der Waals surface area contributed by atoms with E-state index in [4.69, 9.17) is 4.74 Å². The van der Waals surface area contributed by atoms with Gasteiger partial charge in [-0.3, -0.25) is 0 Å². The van der Waals surface area contributed by atoms with Crippen molar-refractivity contribution in [2.75, 3.05) is 13.2 Å². The van der Waals surface area contributed by atoms with Crippen molar-refractivity contribution in [3.63, 3.8) is 0 Å². The Labute approximate surface area is 109 Å². The summed E-state index contributed by atoms with van der Waals surface area (Å²) in [4.78, 5) is 0. The maximum absolute atomic E-state index is 9.24. The number of benzene rings is 1. The zero-order chi connectivity index (χ0) is 13.0. The molecule has 1 aromatic rings. The van der Waals surface area contributed by atoms with Gasteiger partial charge in [0.15, 0.2) is 0 Å². The van der Waals surface area contributed by atoms with Gasteiger partial charge in [0.2, 0.25) is 0 Å². The lowest BCUT2D eigenvalue weighted by atomic mass is 10.1. The number of nitrogens with one attached hydrogen (secondary N) is 1. The van der Waals surface area contributed by atoms with Crippen LogP contribution in [-0.2, 0) is 6.54 Å². The minimum absolute atomic E-state index is 0.173. The molecule has 100 valence electrons. The molecule has 1 aromatic carbocycles. The van der Waals surface area contributed by atoms with Gasteiger partial charge >= 0.3 is 0 Å². The molecular weight excluding hydrogens is 226 g/mol. The molecule has 18 heavy (non-hydrogen) atoms. The summed E-state index contributed by atoms with van der Waals surface area (Å²) in [7, 11) is 0. The second-order valence-electron chi connectivity index (χ2n) is 5.58. The summed E-state index contributed by atoms with van der Waals surface area (Å²) >= 11 is 0. The van der Waals surface area contributed by atoms with Crippen LogP contribution in [0.1, 0.15) is 32.3 Å². The Balaban J connectivity index is 1.81. The molecule has 0 aliphatic heterocycles. The first-order valence-electron chi connectivity index (χ1n) is 6.71. The van der Waals surface area contributed by atoms with Crippen molar-refractivity contribution in [2.24, 2.45) is 5.41 Å². The van der Waals surface area contributed by atoms with Crippen LogP contribution >= 0.6 is 0 Å². The van der Waals surface area contributed by atoms with Gasteiger partial charge in [-0.1, -0.05) is 12.1 Å². The average molecular weight is 249 g/mol. The molecule has 0 saturated heterocycles. The Morgan fingerprint density at radius 1 is 1.39 bits per heavy atom. The maximum atomic E-state index is 9.24. The molecule has 3 nitrogen and oxygen atoms in total. The Morgan fingerprint density at radius 3 is 2.78 bits per heavy atom. The van der Waals surface area contributed by atoms with Crippen LogP contribution in [0.4, 0.5) is 0 Å². The third-order valence-corrected chi connectivity index (χ3v) is 3.39. The highest BCUT2D eigenvalue weighted by atomic mass is 16.5. The van der Waals surface area contributed by atoms with Crippen LogP contribution in [0.3, 0.4) is 0 Å². The van der Waals surface area contributed by atoms with Gasteiger partial charge in [-0.05, 0) is 44.4 Å². The fourth-order valence-corrected chi connectivity index (χ4v) is 2.04. The van der Waals surface area contributed by atoms with E-state index in [-0.39, 0.29) is 11.5 Å². The molecule has 3 heteroatoms. The standard InChI is InChI=1S/C15H23NO2/c1-12(2)18-14-5-3-4-13(8-14)9-16-10-15(11-17)6-7-15/h3-5,8,12,16-17H,6-7,9-11H2,1-2H3. The van der Waals surface area contributed by atoms with E-state index in [1.165, 1.54) is 5.56 Å². The molecule has 0 radical (unpaired) electrons. The molecule has 0 unspecified atom stereocenters. The number of aliphatic hydroxyl groups is 1. The normalized spacial score (nSPS) is 16.9. The van der Waals surface area contributed by atoms with E-state index in [1.54, 1.807) is 0 Å². The van der Waals surface area contributed by atoms with E-state index in [0.717, 1.165) is 31.7 Å². The first-order valence-corrected chi connectivity index (χ1v) is 6.71. The number of rotatable bonds is 7. The fraction of sp³-hybridized carbons (Fsp3) is 0.600. The molecule has 1 saturated carbocycles. The summed E-state index contributed by atoms with van der Waals surface area (Å²) in [5.74, 6) is 0.924. The third kappa shape index (κ3) is 3.72. The van der Waals surface area contributed by atoms with Crippen LogP contribution in [0.15, 0.2) is 24.3 Å². The summed E-state index contributed by atoms with van der Waals surface area (Å²) in [5.41, 5.74) is 1.40. The molecule has 1 aliphatic carbocycles. The Kier molecular flexibility index (Phi) is 4.25. The van der Waals surface area contributed by atoms with Gasteiger partial charge in [0.1, 0.15) is 5.75 Å². The first kappa shape index (κ1) is 13.4. The van der Waals surface area contributed by atoms with E-state index in [1.807, 2.05) is 26.0 Å². The molecule has 2 N–H and O–H groups in total. The topological polar surface area (TPSA) is 41.5 Å². The van der Waals surface area contributed by atoms with Gasteiger partial charge in [0.25, 0.3) is 0 Å². The summed E-state index contributed by atoms with van der Waals surface area (Å²) < 4.78 is 5.67. The van der Waals surface area contributed by atoms with Gasteiger partial charge in [0, 0.05) is 25.1 Å². The van der Waals surface area contributed by atoms with Crippen molar-refractivity contribution in [1.29, 1.82) is 0 Å². The third-order valence-electron chi connectivity index (χ3n) is 3.39. The fourth-order valence-electron chi connectivity index (χ4n) is 2.04. The van der Waals surface area contributed by atoms with Crippen LogP contribution < -0.4 is 10.1 Å². The first-order chi connectivity index (χ1) is 8.63. The van der Waals surface area contributed by atoms with Crippen LogP contribution in [-0.4, -0.2) is 24.4 Å². The Hall–Kier alpha value is -1.06. The molecule has 1 fully saturated rings. The van der Waals surface area contributed by atoms with Gasteiger partial charge in [-0.2, -0.15) is 0 Å². The second-order valence-corrected chi connectivity index (χ2v) is 5.58. The maximum Gasteiger partial charge on any atom is 0.120 e. The van der Waals surface area contributed by atoms with E-state index in [0.29, 0.717) is 6.61 Å². The highest BCUT2D eigenvalue weighted by Gasteiger charge is 2.41. The second kappa shape index (κ2) is 5.72. The molecule has 0 heterocycles. The minimum Gasteiger partial charge on any atom is -0.491 e. The molecular formula is C15H23NO2. The Bertz CT molecular complexity index is 386. The van der Waals surface area contributed by atoms with E-state index in [2.05, 4.69) is 17.4 Å². The van der Waals surface area contributed by atoms with Crippen LogP contribution in [0.25, 0.3) is 0 Å². The number of aliphatic hydroxyl groups excluding tert-OH is 1. The molecule has 0 spiro atoms. The smallest absolute Gasteiger partial charge is 0.120 e. The predicted octanol–water partition coefficient (Wildman–Crippen LogP) is 2.34. The largest absolute Gasteiger partial charge is 0.491 e. The van der Waals surface area contributed by atoms with E-state index in [9.17, 15) is 5.11 Å². The van der Waals surface area contributed by atoms with Crippen molar-refractivity contribution >= 4 is 0 Å². The number of ether oxygens (including phenoxy) is 1. The molecule has 0 atom stereocenters. The quantitative estimate of drug-likeness (QED) is 0.779. The minimum atomic E-state index is 0.173. The van der Waals surface area contributed by atoms with Crippen molar-refractivity contribution in [3.8, 4) is 5.75 Å². The van der Waals surface area contributed by atoms with Gasteiger partial charge in [0.05, 0.1) is 6.10 Å². The van der Waals surface area contributed by atoms with Crippen LogP contribution in [0.5, 0.6) is 5.75 Å². The lowest BCUT2D eigenvalue weighted by Gasteiger charge is -2.14. The van der Waals surface area contributed by atoms with E-state index >= 15 is 0 Å². The lowest BCUT2D eigenvalue weighted by molar-refractivity contribution is 0.207. The summed E-state index contributed by atoms with van der Waals surface area (Å²) in [5, 5.41) is 12.7. The zero-order valence-electron chi connectivity index (χ0n) is 11.3. The molecule has 0 bridgehead atoms. The molecule has 0 aromatic heterocycles. The Morgan fingerprint density at radius 2 is 2.17 bits per heavy atom. The SMILES string of the molecule is CC(C)Oc1cccc(CNCC2(CO)CC2)c1. The summed E-state index contributed by atoms with van der Waals surface area (Å²) in [6.07, 6.45) is 2.50. The number of hydrogen-bond donors (Lipinski definition) is 2. The van der Waals surface area contributed by atoms with Crippen molar-refractivity contribution in [1.82, 2.24) is 5.32 Å². The van der Waals surface area contributed by atoms with Crippen molar-refractivity contribution < 1.29 is 9.84 Å². The van der Waals surface area contributed by atoms with Crippen LogP contribution in [0.2, 0.25) is 0 Å². The highest BCUT2D eigenvalue weighted by Crippen LogP contribution is 2.44. The molecule has 0 amide bonds. The predicted molar refractivity (Wildman–Crippen MR) is 72.7 cm³/mol. The molecule has 2 rings (SSSR count). The zero-order valence-corrected chi connectivity index (χ0v) is 11.3. The number of hydrogen-bond acceptors (Lipinski definition) is 3. The monoisotopic (exact) mass is 249 g/mol. The highest BCUT2D eigenvalue weighted by molar-refractivity contribution is 5.28.